The number of ether oxygens (including phenoxy) is 1. The number of benzene rings is 3. The van der Waals surface area contributed by atoms with Gasteiger partial charge >= 0.3 is 0 Å². The zero-order valence-corrected chi connectivity index (χ0v) is 18.5. The number of carbonyl (C=O) groups excluding carboxylic acids is 1. The Kier molecular flexibility index (Phi) is 5.20. The number of fused-ring (bicyclic) bond motifs is 2. The van der Waals surface area contributed by atoms with E-state index in [2.05, 4.69) is 36.4 Å². The van der Waals surface area contributed by atoms with Crippen molar-refractivity contribution in [3.8, 4) is 17.1 Å². The highest BCUT2D eigenvalue weighted by atomic mass is 79.9. The van der Waals surface area contributed by atoms with Crippen molar-refractivity contribution in [2.75, 3.05) is 7.11 Å². The number of hydrogen-bond acceptors (Lipinski definition) is 5. The maximum Gasteiger partial charge on any atom is 0.275 e. The SMILES string of the molecule is COc1ccccc1C(=O)N/N=c1\oc2ccc(Br)cc2cc1-c1nc2ccccc2[nH]1. The molecule has 0 radical (unpaired) electrons. The van der Waals surface area contributed by atoms with Crippen LogP contribution in [0.2, 0.25) is 0 Å². The first-order chi connectivity index (χ1) is 15.6. The summed E-state index contributed by atoms with van der Waals surface area (Å²) in [5, 5.41) is 5.15. The summed E-state index contributed by atoms with van der Waals surface area (Å²) in [5.74, 6) is 0.629. The molecule has 0 aliphatic carbocycles. The molecule has 7 nitrogen and oxygen atoms in total. The van der Waals surface area contributed by atoms with Crippen LogP contribution in [0.5, 0.6) is 5.75 Å². The highest BCUT2D eigenvalue weighted by Crippen LogP contribution is 2.24. The van der Waals surface area contributed by atoms with Crippen molar-refractivity contribution in [2.24, 2.45) is 5.10 Å². The lowest BCUT2D eigenvalue weighted by Gasteiger charge is -2.07. The lowest BCUT2D eigenvalue weighted by molar-refractivity contribution is 0.0948. The van der Waals surface area contributed by atoms with Gasteiger partial charge in [0.25, 0.3) is 5.91 Å². The van der Waals surface area contributed by atoms with Crippen molar-refractivity contribution in [1.82, 2.24) is 15.4 Å². The van der Waals surface area contributed by atoms with Crippen LogP contribution in [0.1, 0.15) is 10.4 Å². The molecule has 5 rings (SSSR count). The van der Waals surface area contributed by atoms with Gasteiger partial charge in [0, 0.05) is 9.86 Å². The molecule has 2 N–H and O–H groups in total. The van der Waals surface area contributed by atoms with Crippen LogP contribution in [0.15, 0.2) is 86.8 Å². The Hall–Kier alpha value is -3.91. The van der Waals surface area contributed by atoms with Crippen molar-refractivity contribution in [3.63, 3.8) is 0 Å². The van der Waals surface area contributed by atoms with E-state index in [4.69, 9.17) is 9.15 Å². The van der Waals surface area contributed by atoms with Gasteiger partial charge in [0.15, 0.2) is 0 Å². The first-order valence-electron chi connectivity index (χ1n) is 9.78. The Morgan fingerprint density at radius 2 is 1.91 bits per heavy atom. The smallest absolute Gasteiger partial charge is 0.275 e. The maximum atomic E-state index is 12.7. The number of H-pyrrole nitrogens is 1. The normalized spacial score (nSPS) is 11.8. The summed E-state index contributed by atoms with van der Waals surface area (Å²) in [6.45, 7) is 0. The molecular formula is C24H17BrN4O3. The molecule has 8 heteroatoms. The molecule has 0 bridgehead atoms. The number of hydrogen-bond donors (Lipinski definition) is 2. The molecule has 3 aromatic carbocycles. The van der Waals surface area contributed by atoms with Crippen LogP contribution in [0, 0.1) is 0 Å². The van der Waals surface area contributed by atoms with E-state index >= 15 is 0 Å². The molecule has 0 aliphatic heterocycles. The van der Waals surface area contributed by atoms with E-state index in [1.54, 1.807) is 24.3 Å². The van der Waals surface area contributed by atoms with E-state index in [1.807, 2.05) is 48.5 Å². The molecule has 0 fully saturated rings. The minimum atomic E-state index is -0.413. The third kappa shape index (κ3) is 3.76. The number of aromatic amines is 1. The van der Waals surface area contributed by atoms with Gasteiger partial charge in [0.05, 0.1) is 29.3 Å². The van der Waals surface area contributed by atoms with Gasteiger partial charge in [0.2, 0.25) is 5.55 Å². The number of methoxy groups -OCH3 is 1. The molecule has 0 aliphatic rings. The summed E-state index contributed by atoms with van der Waals surface area (Å²) in [5.41, 5.74) is 6.12. The number of nitrogens with one attached hydrogen (secondary N) is 2. The average molecular weight is 489 g/mol. The standard InChI is InChI=1S/C24H17BrN4O3/c1-31-21-9-5-2-6-16(21)23(30)28-29-24-17(13-14-12-15(25)10-11-20(14)32-24)22-26-18-7-3-4-8-19(18)27-22/h2-13H,1H3,(H,26,27)(H,28,30)/b29-24-. The van der Waals surface area contributed by atoms with E-state index in [9.17, 15) is 4.79 Å². The minimum Gasteiger partial charge on any atom is -0.496 e. The first-order valence-corrected chi connectivity index (χ1v) is 10.6. The van der Waals surface area contributed by atoms with Gasteiger partial charge in [0.1, 0.15) is 17.2 Å². The minimum absolute atomic E-state index is 0.224. The summed E-state index contributed by atoms with van der Waals surface area (Å²) >= 11 is 3.49. The highest BCUT2D eigenvalue weighted by molar-refractivity contribution is 9.10. The first kappa shape index (κ1) is 20.0. The van der Waals surface area contributed by atoms with Gasteiger partial charge in [-0.25, -0.2) is 10.4 Å². The van der Waals surface area contributed by atoms with Crippen molar-refractivity contribution < 1.29 is 13.9 Å². The van der Waals surface area contributed by atoms with Gasteiger partial charge < -0.3 is 14.1 Å². The molecule has 1 amide bonds. The Bertz CT molecular complexity index is 1500. The third-order valence-electron chi connectivity index (χ3n) is 4.96. The second-order valence-corrected chi connectivity index (χ2v) is 7.92. The fraction of sp³-hybridized carbons (Fsp3) is 0.0417. The van der Waals surface area contributed by atoms with Gasteiger partial charge in [-0.3, -0.25) is 4.79 Å². The molecule has 0 unspecified atom stereocenters. The van der Waals surface area contributed by atoms with Crippen LogP contribution in [0.4, 0.5) is 0 Å². The van der Waals surface area contributed by atoms with Gasteiger partial charge in [-0.15, -0.1) is 5.10 Å². The summed E-state index contributed by atoms with van der Waals surface area (Å²) in [6.07, 6.45) is 0. The summed E-state index contributed by atoms with van der Waals surface area (Å²) < 4.78 is 12.2. The Balaban J connectivity index is 1.64. The monoisotopic (exact) mass is 488 g/mol. The molecule has 2 aromatic heterocycles. The second kappa shape index (κ2) is 8.32. The van der Waals surface area contributed by atoms with Crippen LogP contribution >= 0.6 is 15.9 Å². The van der Waals surface area contributed by atoms with E-state index in [0.717, 1.165) is 20.9 Å². The van der Waals surface area contributed by atoms with E-state index < -0.39 is 5.91 Å². The van der Waals surface area contributed by atoms with Crippen molar-refractivity contribution in [2.45, 2.75) is 0 Å². The number of para-hydroxylation sites is 3. The fourth-order valence-electron chi connectivity index (χ4n) is 3.43. The zero-order valence-electron chi connectivity index (χ0n) is 16.9. The molecule has 0 saturated carbocycles. The molecular weight excluding hydrogens is 472 g/mol. The van der Waals surface area contributed by atoms with Crippen molar-refractivity contribution in [3.05, 3.63) is 88.4 Å². The van der Waals surface area contributed by atoms with Crippen LogP contribution in [0.25, 0.3) is 33.4 Å². The second-order valence-electron chi connectivity index (χ2n) is 7.00. The summed E-state index contributed by atoms with van der Waals surface area (Å²) in [4.78, 5) is 20.7. The number of carbonyl (C=O) groups is 1. The molecule has 0 saturated heterocycles. The largest absolute Gasteiger partial charge is 0.496 e. The van der Waals surface area contributed by atoms with Crippen molar-refractivity contribution in [1.29, 1.82) is 0 Å². The maximum absolute atomic E-state index is 12.7. The molecule has 32 heavy (non-hydrogen) atoms. The lowest BCUT2D eigenvalue weighted by atomic mass is 10.2. The topological polar surface area (TPSA) is 92.5 Å². The van der Waals surface area contributed by atoms with Crippen LogP contribution in [0.3, 0.4) is 0 Å². The van der Waals surface area contributed by atoms with Crippen LogP contribution in [-0.4, -0.2) is 23.0 Å². The molecule has 158 valence electrons. The number of aromatic nitrogens is 2. The summed E-state index contributed by atoms with van der Waals surface area (Å²) in [6, 6.07) is 22.2. The number of nitrogens with zero attached hydrogens (tertiary/aromatic N) is 2. The molecule has 0 atom stereocenters. The number of halogens is 1. The average Bonchev–Trinajstić information content (AvgIpc) is 3.26. The van der Waals surface area contributed by atoms with Crippen LogP contribution < -0.4 is 15.7 Å². The fourth-order valence-corrected chi connectivity index (χ4v) is 3.81. The predicted octanol–water partition coefficient (Wildman–Crippen LogP) is 4.99. The van der Waals surface area contributed by atoms with E-state index in [0.29, 0.717) is 28.3 Å². The highest BCUT2D eigenvalue weighted by Gasteiger charge is 2.14. The van der Waals surface area contributed by atoms with E-state index in [1.165, 1.54) is 7.11 Å². The van der Waals surface area contributed by atoms with Crippen molar-refractivity contribution >= 4 is 43.8 Å². The summed E-state index contributed by atoms with van der Waals surface area (Å²) in [7, 11) is 1.51. The molecule has 2 heterocycles. The number of amides is 1. The Morgan fingerprint density at radius 3 is 2.75 bits per heavy atom. The predicted molar refractivity (Wildman–Crippen MR) is 125 cm³/mol. The molecule has 0 spiro atoms. The zero-order chi connectivity index (χ0) is 22.1. The third-order valence-corrected chi connectivity index (χ3v) is 5.46. The lowest BCUT2D eigenvalue weighted by Crippen LogP contribution is -2.22. The quantitative estimate of drug-likeness (QED) is 0.348. The van der Waals surface area contributed by atoms with Gasteiger partial charge in [-0.05, 0) is 48.5 Å². The Labute approximate surface area is 190 Å². The number of imidazole rings is 1. The molecule has 5 aromatic rings. The van der Waals surface area contributed by atoms with Crippen LogP contribution in [-0.2, 0) is 0 Å². The Morgan fingerprint density at radius 1 is 1.09 bits per heavy atom. The van der Waals surface area contributed by atoms with Gasteiger partial charge in [-0.1, -0.05) is 40.2 Å². The van der Waals surface area contributed by atoms with Gasteiger partial charge in [-0.2, -0.15) is 0 Å². The van der Waals surface area contributed by atoms with E-state index in [-0.39, 0.29) is 5.55 Å². The number of rotatable bonds is 4.